The third kappa shape index (κ3) is 5.29. The van der Waals surface area contributed by atoms with Crippen LogP contribution in [0.1, 0.15) is 25.0 Å². The quantitative estimate of drug-likeness (QED) is 0.127. The number of hydrogen-bond acceptors (Lipinski definition) is 1. The maximum atomic E-state index is 6.59. The molecular formula is C65H42O. The van der Waals surface area contributed by atoms with E-state index in [0.29, 0.717) is 0 Å². The maximum absolute atomic E-state index is 6.59. The van der Waals surface area contributed by atoms with Crippen LogP contribution < -0.4 is 0 Å². The average Bonchev–Trinajstić information content (AvgIpc) is 3.86. The van der Waals surface area contributed by atoms with Crippen LogP contribution in [-0.4, -0.2) is 0 Å². The molecular weight excluding hydrogens is 797 g/mol. The molecule has 1 aromatic heterocycles. The predicted octanol–water partition coefficient (Wildman–Crippen LogP) is 18.3. The Morgan fingerprint density at radius 3 is 1.38 bits per heavy atom. The number of benzene rings is 12. The second kappa shape index (κ2) is 13.9. The summed E-state index contributed by atoms with van der Waals surface area (Å²) in [5.74, 6) is 0. The van der Waals surface area contributed by atoms with Gasteiger partial charge in [0, 0.05) is 16.2 Å². The van der Waals surface area contributed by atoms with Crippen molar-refractivity contribution in [1.29, 1.82) is 0 Å². The molecule has 12 aromatic carbocycles. The van der Waals surface area contributed by atoms with Crippen LogP contribution in [0.5, 0.6) is 0 Å². The standard InChI is InChI=1S/C65H42O/c1-65(2)58-33-30-42(37-57(58)63-49-19-7-5-17-47(49)48-18-6-12-24-54(48)64(63)65)43-31-34-59-55(36-43)56-38-44(32-35-60(56)66-59)62-52-22-10-8-20-50(52)61(51-21-9-11-23-53(51)62)41-28-26-40(27-29-41)46-25-13-15-39-14-3-4-16-45(39)46/h3-38H,1-2H3. The van der Waals surface area contributed by atoms with Gasteiger partial charge in [-0.15, -0.1) is 0 Å². The SMILES string of the molecule is CC1(C)c2ccc(-c3ccc4oc5ccc(-c6c7ccccc7c(-c7ccc(-c8cccc9ccccc89)cc7)c7ccccc67)cc5c4c3)cc2-c2c1c1ccccc1c1ccccc21. The molecule has 0 saturated carbocycles. The lowest BCUT2D eigenvalue weighted by Crippen LogP contribution is -2.15. The topological polar surface area (TPSA) is 13.1 Å². The average molecular weight is 839 g/mol. The van der Waals surface area contributed by atoms with Crippen molar-refractivity contribution in [3.63, 3.8) is 0 Å². The zero-order valence-electron chi connectivity index (χ0n) is 36.7. The lowest BCUT2D eigenvalue weighted by atomic mass is 9.79. The summed E-state index contributed by atoms with van der Waals surface area (Å²) < 4.78 is 6.59. The Kier molecular flexibility index (Phi) is 7.81. The third-order valence-corrected chi connectivity index (χ3v) is 14.8. The molecule has 1 aliphatic carbocycles. The molecule has 1 heteroatoms. The molecule has 0 fully saturated rings. The minimum absolute atomic E-state index is 0.136. The van der Waals surface area contributed by atoms with Gasteiger partial charge in [-0.25, -0.2) is 0 Å². The molecule has 1 aliphatic rings. The summed E-state index contributed by atoms with van der Waals surface area (Å²) in [6, 6.07) is 80.8. The zero-order chi connectivity index (χ0) is 43.7. The van der Waals surface area contributed by atoms with Gasteiger partial charge in [-0.3, -0.25) is 0 Å². The summed E-state index contributed by atoms with van der Waals surface area (Å²) in [5, 5.41) is 15.0. The number of fused-ring (bicyclic) bond motifs is 14. The smallest absolute Gasteiger partial charge is 0.135 e. The number of hydrogen-bond donors (Lipinski definition) is 0. The van der Waals surface area contributed by atoms with Crippen molar-refractivity contribution < 1.29 is 4.42 Å². The van der Waals surface area contributed by atoms with E-state index >= 15 is 0 Å². The monoisotopic (exact) mass is 838 g/mol. The molecule has 0 atom stereocenters. The van der Waals surface area contributed by atoms with Crippen LogP contribution in [0.4, 0.5) is 0 Å². The first-order valence-electron chi connectivity index (χ1n) is 23.1. The van der Waals surface area contributed by atoms with Crippen LogP contribution >= 0.6 is 0 Å². The van der Waals surface area contributed by atoms with Crippen LogP contribution in [0, 0.1) is 0 Å². The molecule has 0 spiro atoms. The molecule has 0 aliphatic heterocycles. The van der Waals surface area contributed by atoms with E-state index in [2.05, 4.69) is 232 Å². The molecule has 1 nitrogen and oxygen atoms in total. The Labute approximate surface area is 382 Å². The Balaban J connectivity index is 0.910. The highest BCUT2D eigenvalue weighted by molar-refractivity contribution is 6.23. The van der Waals surface area contributed by atoms with Gasteiger partial charge in [-0.2, -0.15) is 0 Å². The highest BCUT2D eigenvalue weighted by Gasteiger charge is 2.38. The summed E-state index contributed by atoms with van der Waals surface area (Å²) in [5.41, 5.74) is 16.9. The third-order valence-electron chi connectivity index (χ3n) is 14.8. The molecule has 0 saturated heterocycles. The van der Waals surface area contributed by atoms with E-state index < -0.39 is 0 Å². The number of furan rings is 1. The Bertz CT molecular complexity index is 4120. The van der Waals surface area contributed by atoms with E-state index in [-0.39, 0.29) is 5.41 Å². The number of rotatable bonds is 4. The minimum Gasteiger partial charge on any atom is -0.456 e. The molecule has 14 rings (SSSR count). The second-order valence-corrected chi connectivity index (χ2v) is 18.7. The van der Waals surface area contributed by atoms with Gasteiger partial charge in [0.25, 0.3) is 0 Å². The fourth-order valence-corrected chi connectivity index (χ4v) is 11.8. The molecule has 0 bridgehead atoms. The summed E-state index contributed by atoms with van der Waals surface area (Å²) in [7, 11) is 0. The van der Waals surface area contributed by atoms with E-state index in [1.54, 1.807) is 0 Å². The first kappa shape index (κ1) is 37.1. The van der Waals surface area contributed by atoms with Crippen LogP contribution in [0.15, 0.2) is 223 Å². The lowest BCUT2D eigenvalue weighted by Gasteiger charge is -2.24. The second-order valence-electron chi connectivity index (χ2n) is 18.7. The van der Waals surface area contributed by atoms with Crippen molar-refractivity contribution in [2.45, 2.75) is 19.3 Å². The maximum Gasteiger partial charge on any atom is 0.135 e. The summed E-state index contributed by atoms with van der Waals surface area (Å²) in [4.78, 5) is 0. The Hall–Kier alpha value is -8.26. The van der Waals surface area contributed by atoms with Crippen molar-refractivity contribution in [2.24, 2.45) is 0 Å². The Morgan fingerprint density at radius 1 is 0.288 bits per heavy atom. The summed E-state index contributed by atoms with van der Waals surface area (Å²) >= 11 is 0. The van der Waals surface area contributed by atoms with E-state index in [9.17, 15) is 0 Å². The van der Waals surface area contributed by atoms with Crippen LogP contribution in [-0.2, 0) is 5.41 Å². The van der Waals surface area contributed by atoms with E-state index in [1.165, 1.54) is 121 Å². The summed E-state index contributed by atoms with van der Waals surface area (Å²) in [6.45, 7) is 4.79. The van der Waals surface area contributed by atoms with Gasteiger partial charge in [0.1, 0.15) is 11.2 Å². The molecule has 0 amide bonds. The van der Waals surface area contributed by atoms with E-state index in [4.69, 9.17) is 4.42 Å². The van der Waals surface area contributed by atoms with Crippen LogP contribution in [0.3, 0.4) is 0 Å². The van der Waals surface area contributed by atoms with Crippen molar-refractivity contribution in [3.8, 4) is 55.6 Å². The zero-order valence-corrected chi connectivity index (χ0v) is 36.7. The fourth-order valence-electron chi connectivity index (χ4n) is 11.8. The molecule has 66 heavy (non-hydrogen) atoms. The molecule has 0 unspecified atom stereocenters. The van der Waals surface area contributed by atoms with E-state index in [1.807, 2.05) is 0 Å². The van der Waals surface area contributed by atoms with Crippen LogP contribution in [0.2, 0.25) is 0 Å². The fraction of sp³-hybridized carbons (Fsp3) is 0.0462. The molecule has 1 heterocycles. The molecule has 0 radical (unpaired) electrons. The van der Waals surface area contributed by atoms with Gasteiger partial charge in [0.2, 0.25) is 0 Å². The van der Waals surface area contributed by atoms with Crippen LogP contribution in [0.25, 0.3) is 131 Å². The van der Waals surface area contributed by atoms with Crippen molar-refractivity contribution in [2.75, 3.05) is 0 Å². The first-order valence-corrected chi connectivity index (χ1v) is 23.1. The van der Waals surface area contributed by atoms with E-state index in [0.717, 1.165) is 21.9 Å². The van der Waals surface area contributed by atoms with Gasteiger partial charge in [-0.1, -0.05) is 202 Å². The molecule has 308 valence electrons. The largest absolute Gasteiger partial charge is 0.456 e. The van der Waals surface area contributed by atoms with Crippen molar-refractivity contribution >= 4 is 75.8 Å². The van der Waals surface area contributed by atoms with Gasteiger partial charge in [-0.05, 0) is 151 Å². The normalized spacial score (nSPS) is 13.1. The van der Waals surface area contributed by atoms with Gasteiger partial charge >= 0.3 is 0 Å². The van der Waals surface area contributed by atoms with Gasteiger partial charge in [0.05, 0.1) is 0 Å². The highest BCUT2D eigenvalue weighted by Crippen LogP contribution is 2.55. The molecule has 0 N–H and O–H groups in total. The van der Waals surface area contributed by atoms with Gasteiger partial charge in [0.15, 0.2) is 0 Å². The first-order chi connectivity index (χ1) is 32.5. The highest BCUT2D eigenvalue weighted by atomic mass is 16.3. The van der Waals surface area contributed by atoms with Crippen molar-refractivity contribution in [3.05, 3.63) is 230 Å². The lowest BCUT2D eigenvalue weighted by molar-refractivity contribution is 0.666. The summed E-state index contributed by atoms with van der Waals surface area (Å²) in [6.07, 6.45) is 0. The van der Waals surface area contributed by atoms with Crippen molar-refractivity contribution in [1.82, 2.24) is 0 Å². The van der Waals surface area contributed by atoms with Gasteiger partial charge < -0.3 is 4.42 Å². The predicted molar refractivity (Wildman–Crippen MR) is 281 cm³/mol. The molecule has 13 aromatic rings. The Morgan fingerprint density at radius 2 is 0.727 bits per heavy atom. The minimum atomic E-state index is -0.136.